The summed E-state index contributed by atoms with van der Waals surface area (Å²) in [6, 6.07) is 5.00. The maximum absolute atomic E-state index is 9.12. The van der Waals surface area contributed by atoms with Crippen LogP contribution in [0.15, 0.2) is 12.1 Å². The van der Waals surface area contributed by atoms with Gasteiger partial charge in [0.15, 0.2) is 0 Å². The summed E-state index contributed by atoms with van der Waals surface area (Å²) < 4.78 is 0. The lowest BCUT2D eigenvalue weighted by Gasteiger charge is -2.35. The van der Waals surface area contributed by atoms with Crippen LogP contribution >= 0.6 is 0 Å². The van der Waals surface area contributed by atoms with Crippen LogP contribution in [0.1, 0.15) is 42.4 Å². The third-order valence-corrected chi connectivity index (χ3v) is 4.32. The molecule has 98 valence electrons. The zero-order chi connectivity index (χ0) is 12.7. The van der Waals surface area contributed by atoms with Crippen LogP contribution in [-0.2, 0) is 13.0 Å². The van der Waals surface area contributed by atoms with Gasteiger partial charge in [-0.1, -0.05) is 6.07 Å². The fourth-order valence-corrected chi connectivity index (χ4v) is 3.06. The fourth-order valence-electron chi connectivity index (χ4n) is 3.06. The Morgan fingerprint density at radius 2 is 2.11 bits per heavy atom. The molecule has 18 heavy (non-hydrogen) atoms. The van der Waals surface area contributed by atoms with E-state index in [1.165, 1.54) is 29.5 Å². The Hall–Kier alpha value is -1.06. The molecule has 0 spiro atoms. The smallest absolute Gasteiger partial charge is 0.0558 e. The molecule has 1 aromatic rings. The molecule has 1 heterocycles. The first-order valence-corrected chi connectivity index (χ1v) is 6.95. The minimum atomic E-state index is 0.240. The van der Waals surface area contributed by atoms with Crippen molar-refractivity contribution < 1.29 is 5.11 Å². The highest BCUT2D eigenvalue weighted by Gasteiger charge is 2.29. The van der Waals surface area contributed by atoms with Crippen LogP contribution in [0.3, 0.4) is 0 Å². The van der Waals surface area contributed by atoms with Gasteiger partial charge >= 0.3 is 0 Å². The lowest BCUT2D eigenvalue weighted by atomic mass is 9.91. The third kappa shape index (κ3) is 2.13. The number of benzene rings is 1. The number of aliphatic hydroxyl groups is 1. The van der Waals surface area contributed by atoms with Crippen LogP contribution < -0.4 is 5.73 Å². The number of hydrogen-bond donors (Lipinski definition) is 2. The van der Waals surface area contributed by atoms with Crippen molar-refractivity contribution in [1.82, 2.24) is 4.90 Å². The molecule has 1 unspecified atom stereocenters. The molecule has 2 aliphatic rings. The number of nitrogens with two attached hydrogens (primary N) is 1. The molecule has 3 N–H and O–H groups in total. The number of anilines is 1. The van der Waals surface area contributed by atoms with Gasteiger partial charge in [-0.15, -0.1) is 0 Å². The number of nitrogen functional groups attached to an aromatic ring is 1. The molecule has 1 aromatic carbocycles. The summed E-state index contributed by atoms with van der Waals surface area (Å²) in [4.78, 5) is 2.36. The van der Waals surface area contributed by atoms with Gasteiger partial charge in [-0.3, -0.25) is 4.90 Å². The van der Waals surface area contributed by atoms with Crippen molar-refractivity contribution in [3.63, 3.8) is 0 Å². The van der Waals surface area contributed by atoms with Gasteiger partial charge in [-0.25, -0.2) is 0 Å². The Kier molecular flexibility index (Phi) is 3.04. The molecule has 3 nitrogen and oxygen atoms in total. The van der Waals surface area contributed by atoms with Crippen LogP contribution in [0.2, 0.25) is 0 Å². The Morgan fingerprint density at radius 1 is 1.33 bits per heavy atom. The maximum Gasteiger partial charge on any atom is 0.0558 e. The third-order valence-electron chi connectivity index (χ3n) is 4.32. The van der Waals surface area contributed by atoms with Crippen LogP contribution in [0, 0.1) is 0 Å². The zero-order valence-electron chi connectivity index (χ0n) is 11.0. The minimum absolute atomic E-state index is 0.240. The van der Waals surface area contributed by atoms with Gasteiger partial charge in [0.05, 0.1) is 6.61 Å². The van der Waals surface area contributed by atoms with E-state index < -0.39 is 0 Å². The molecule has 1 aliphatic heterocycles. The number of rotatable bonds is 3. The van der Waals surface area contributed by atoms with Gasteiger partial charge in [0, 0.05) is 24.8 Å². The van der Waals surface area contributed by atoms with Gasteiger partial charge in [0.1, 0.15) is 0 Å². The lowest BCUT2D eigenvalue weighted by Crippen LogP contribution is -2.40. The molecule has 0 bridgehead atoms. The molecule has 3 rings (SSSR count). The molecular formula is C15H22N2O. The largest absolute Gasteiger partial charge is 0.398 e. The number of aliphatic hydroxyl groups excluding tert-OH is 1. The maximum atomic E-state index is 9.12. The summed E-state index contributed by atoms with van der Waals surface area (Å²) in [5, 5.41) is 9.12. The van der Waals surface area contributed by atoms with Crippen molar-refractivity contribution >= 4 is 5.69 Å². The van der Waals surface area contributed by atoms with Crippen molar-refractivity contribution in [2.24, 2.45) is 0 Å². The predicted molar refractivity (Wildman–Crippen MR) is 73.5 cm³/mol. The second-order valence-corrected chi connectivity index (χ2v) is 5.77. The summed E-state index contributed by atoms with van der Waals surface area (Å²) in [6.07, 6.45) is 3.63. The fraction of sp³-hybridized carbons (Fsp3) is 0.600. The predicted octanol–water partition coefficient (Wildman–Crippen LogP) is 1.89. The van der Waals surface area contributed by atoms with Crippen molar-refractivity contribution in [1.29, 1.82) is 0 Å². The normalized spacial score (nSPS) is 24.0. The van der Waals surface area contributed by atoms with E-state index in [0.29, 0.717) is 12.0 Å². The van der Waals surface area contributed by atoms with Crippen molar-refractivity contribution in [2.75, 3.05) is 18.9 Å². The van der Waals surface area contributed by atoms with E-state index in [9.17, 15) is 0 Å². The van der Waals surface area contributed by atoms with Crippen LogP contribution in [0.5, 0.6) is 0 Å². The minimum Gasteiger partial charge on any atom is -0.398 e. The first kappa shape index (κ1) is 12.0. The molecule has 0 amide bonds. The summed E-state index contributed by atoms with van der Waals surface area (Å²) in [5.41, 5.74) is 11.3. The Bertz CT molecular complexity index is 454. The Morgan fingerprint density at radius 3 is 2.78 bits per heavy atom. The van der Waals surface area contributed by atoms with E-state index in [0.717, 1.165) is 25.2 Å². The van der Waals surface area contributed by atoms with Crippen LogP contribution in [0.4, 0.5) is 5.69 Å². The van der Waals surface area contributed by atoms with Gasteiger partial charge in [-0.2, -0.15) is 0 Å². The summed E-state index contributed by atoms with van der Waals surface area (Å²) in [5.74, 6) is 0.709. The highest BCUT2D eigenvalue weighted by molar-refractivity contribution is 5.55. The van der Waals surface area contributed by atoms with E-state index in [-0.39, 0.29) is 6.61 Å². The average molecular weight is 246 g/mol. The van der Waals surface area contributed by atoms with E-state index >= 15 is 0 Å². The second kappa shape index (κ2) is 4.56. The van der Waals surface area contributed by atoms with Crippen LogP contribution in [0.25, 0.3) is 0 Å². The zero-order valence-corrected chi connectivity index (χ0v) is 11.0. The summed E-state index contributed by atoms with van der Waals surface area (Å²) in [7, 11) is 0. The van der Waals surface area contributed by atoms with Crippen LogP contribution in [-0.4, -0.2) is 29.2 Å². The molecule has 0 radical (unpaired) electrons. The second-order valence-electron chi connectivity index (χ2n) is 5.77. The molecule has 0 saturated heterocycles. The van der Waals surface area contributed by atoms with E-state index in [4.69, 9.17) is 10.8 Å². The monoisotopic (exact) mass is 246 g/mol. The lowest BCUT2D eigenvalue weighted by molar-refractivity contribution is 0.141. The molecular weight excluding hydrogens is 224 g/mol. The van der Waals surface area contributed by atoms with E-state index in [1.54, 1.807) is 0 Å². The van der Waals surface area contributed by atoms with Gasteiger partial charge < -0.3 is 10.8 Å². The van der Waals surface area contributed by atoms with Gasteiger partial charge in [0.2, 0.25) is 0 Å². The highest BCUT2D eigenvalue weighted by atomic mass is 16.3. The molecule has 1 fully saturated rings. The first-order chi connectivity index (χ1) is 8.69. The Balaban J connectivity index is 1.90. The standard InChI is InChI=1S/C15H22N2O/c1-10-6-12-8-15(16)14(11-2-3-11)7-13(12)9-17(10)4-5-18/h7-8,10-11,18H,2-6,9,16H2,1H3. The van der Waals surface area contributed by atoms with E-state index in [1.807, 2.05) is 0 Å². The average Bonchev–Trinajstić information content (AvgIpc) is 3.14. The molecule has 0 aromatic heterocycles. The Labute approximate surface area is 109 Å². The van der Waals surface area contributed by atoms with Crippen molar-refractivity contribution in [3.05, 3.63) is 28.8 Å². The SMILES string of the molecule is CC1Cc2cc(N)c(C3CC3)cc2CN1CCO. The molecule has 1 saturated carbocycles. The molecule has 1 aliphatic carbocycles. The van der Waals surface area contributed by atoms with Gasteiger partial charge in [-0.05, 0) is 54.9 Å². The van der Waals surface area contributed by atoms with Crippen molar-refractivity contribution in [3.8, 4) is 0 Å². The highest BCUT2D eigenvalue weighted by Crippen LogP contribution is 2.44. The van der Waals surface area contributed by atoms with Gasteiger partial charge in [0.25, 0.3) is 0 Å². The molecule has 3 heteroatoms. The quantitative estimate of drug-likeness (QED) is 0.801. The number of nitrogens with zero attached hydrogens (tertiary/aromatic N) is 1. The summed E-state index contributed by atoms with van der Waals surface area (Å²) >= 11 is 0. The number of hydrogen-bond acceptors (Lipinski definition) is 3. The molecule has 1 atom stereocenters. The van der Waals surface area contributed by atoms with E-state index in [2.05, 4.69) is 24.0 Å². The first-order valence-electron chi connectivity index (χ1n) is 6.95. The topological polar surface area (TPSA) is 49.5 Å². The number of fused-ring (bicyclic) bond motifs is 1. The summed E-state index contributed by atoms with van der Waals surface area (Å²) in [6.45, 7) is 4.19. The van der Waals surface area contributed by atoms with Crippen molar-refractivity contribution in [2.45, 2.75) is 44.7 Å². The number of β-amino-alcohol motifs (C(OH)–C–C–N with tert-alkyl or cyclic N) is 1.